The van der Waals surface area contributed by atoms with Crippen LogP contribution in [0.2, 0.25) is 0 Å². The molecular weight excluding hydrogens is 203 g/mol. The number of rotatable bonds is 2. The van der Waals surface area contributed by atoms with E-state index in [1.165, 1.54) is 11.6 Å². The fourth-order valence-corrected chi connectivity index (χ4v) is 1.49. The van der Waals surface area contributed by atoms with E-state index in [0.717, 1.165) is 11.3 Å². The number of hydrogen-bond donors (Lipinski definition) is 1. The number of alkyl halides is 3. The Labute approximate surface area is 76.4 Å². The lowest BCUT2D eigenvalue weighted by molar-refractivity contribution is -0.245. The molecule has 1 unspecified atom stereocenters. The van der Waals surface area contributed by atoms with Crippen molar-refractivity contribution in [1.29, 1.82) is 0 Å². The molecule has 0 spiro atoms. The van der Waals surface area contributed by atoms with Gasteiger partial charge in [0, 0.05) is 11.6 Å². The van der Waals surface area contributed by atoms with Crippen molar-refractivity contribution in [3.63, 3.8) is 0 Å². The lowest BCUT2D eigenvalue weighted by Gasteiger charge is -2.24. The Hall–Kier alpha value is -0.880. The van der Waals surface area contributed by atoms with E-state index in [2.05, 4.69) is 11.6 Å². The van der Waals surface area contributed by atoms with E-state index < -0.39 is 16.8 Å². The maximum absolute atomic E-state index is 12.3. The summed E-state index contributed by atoms with van der Waals surface area (Å²) in [6.07, 6.45) is -3.15. The molecule has 2 nitrogen and oxygen atoms in total. The fourth-order valence-electron chi connectivity index (χ4n) is 0.736. The monoisotopic (exact) mass is 209 g/mol. The molecule has 1 rings (SSSR count). The van der Waals surface area contributed by atoms with Crippen LogP contribution in [0.5, 0.6) is 0 Å². The first-order valence-electron chi connectivity index (χ1n) is 3.24. The molecule has 0 aromatic carbocycles. The average molecular weight is 209 g/mol. The van der Waals surface area contributed by atoms with E-state index in [4.69, 9.17) is 0 Å². The standard InChI is InChI=1S/C7H6F3NOS/c1-2-6(12,7(8,9)10)5-11-3-4-13-5/h2-4,12H,1H2. The quantitative estimate of drug-likeness (QED) is 0.756. The zero-order valence-corrected chi connectivity index (χ0v) is 7.19. The predicted molar refractivity (Wildman–Crippen MR) is 42.3 cm³/mol. The summed E-state index contributed by atoms with van der Waals surface area (Å²) in [5.41, 5.74) is -3.03. The Kier molecular flexibility index (Phi) is 2.44. The smallest absolute Gasteiger partial charge is 0.371 e. The third-order valence-corrected chi connectivity index (χ3v) is 2.38. The lowest BCUT2D eigenvalue weighted by Crippen LogP contribution is -2.40. The van der Waals surface area contributed by atoms with Gasteiger partial charge in [0.1, 0.15) is 5.01 Å². The molecule has 1 heterocycles. The largest absolute Gasteiger partial charge is 0.427 e. The molecule has 0 radical (unpaired) electrons. The Morgan fingerprint density at radius 2 is 2.15 bits per heavy atom. The molecule has 0 amide bonds. The van der Waals surface area contributed by atoms with Crippen LogP contribution >= 0.6 is 11.3 Å². The highest BCUT2D eigenvalue weighted by atomic mass is 32.1. The third-order valence-electron chi connectivity index (χ3n) is 1.49. The highest BCUT2D eigenvalue weighted by Gasteiger charge is 2.54. The second-order valence-electron chi connectivity index (χ2n) is 2.31. The number of aliphatic hydroxyl groups is 1. The van der Waals surface area contributed by atoms with E-state index in [0.29, 0.717) is 6.08 Å². The Bertz CT molecular complexity index is 295. The molecule has 13 heavy (non-hydrogen) atoms. The molecule has 0 aliphatic carbocycles. The second kappa shape index (κ2) is 3.12. The predicted octanol–water partition coefficient (Wildman–Crippen LogP) is 2.08. The van der Waals surface area contributed by atoms with Crippen LogP contribution in [0, 0.1) is 0 Å². The summed E-state index contributed by atoms with van der Waals surface area (Å²) in [5, 5.41) is 10.2. The van der Waals surface area contributed by atoms with E-state index >= 15 is 0 Å². The van der Waals surface area contributed by atoms with Crippen LogP contribution in [0.15, 0.2) is 24.2 Å². The first-order valence-corrected chi connectivity index (χ1v) is 4.12. The van der Waals surface area contributed by atoms with E-state index in [1.807, 2.05) is 0 Å². The number of aromatic nitrogens is 1. The Morgan fingerprint density at radius 1 is 1.54 bits per heavy atom. The number of nitrogens with zero attached hydrogens (tertiary/aromatic N) is 1. The molecule has 0 aliphatic heterocycles. The van der Waals surface area contributed by atoms with Crippen molar-refractivity contribution in [2.45, 2.75) is 11.8 Å². The average Bonchev–Trinajstić information content (AvgIpc) is 2.52. The van der Waals surface area contributed by atoms with Gasteiger partial charge in [0.05, 0.1) is 0 Å². The minimum Gasteiger partial charge on any atom is -0.371 e. The van der Waals surface area contributed by atoms with Gasteiger partial charge in [-0.05, 0) is 6.08 Å². The molecule has 0 aliphatic rings. The fraction of sp³-hybridized carbons (Fsp3) is 0.286. The van der Waals surface area contributed by atoms with Crippen LogP contribution in [-0.2, 0) is 5.60 Å². The highest BCUT2D eigenvalue weighted by molar-refractivity contribution is 7.09. The van der Waals surface area contributed by atoms with Crippen molar-refractivity contribution in [1.82, 2.24) is 4.98 Å². The van der Waals surface area contributed by atoms with Gasteiger partial charge in [0.2, 0.25) is 5.60 Å². The first-order chi connectivity index (χ1) is 5.92. The van der Waals surface area contributed by atoms with E-state index in [-0.39, 0.29) is 0 Å². The van der Waals surface area contributed by atoms with Gasteiger partial charge < -0.3 is 5.11 Å². The van der Waals surface area contributed by atoms with Gasteiger partial charge in [0.25, 0.3) is 0 Å². The maximum atomic E-state index is 12.3. The number of thiazole rings is 1. The van der Waals surface area contributed by atoms with Crippen molar-refractivity contribution >= 4 is 11.3 Å². The summed E-state index contributed by atoms with van der Waals surface area (Å²) in [7, 11) is 0. The van der Waals surface area contributed by atoms with Crippen molar-refractivity contribution in [3.05, 3.63) is 29.2 Å². The van der Waals surface area contributed by atoms with Crippen LogP contribution in [0.4, 0.5) is 13.2 Å². The zero-order valence-electron chi connectivity index (χ0n) is 6.38. The van der Waals surface area contributed by atoms with Crippen molar-refractivity contribution in [2.75, 3.05) is 0 Å². The number of halogens is 3. The molecule has 0 fully saturated rings. The Morgan fingerprint density at radius 3 is 2.46 bits per heavy atom. The van der Waals surface area contributed by atoms with Crippen LogP contribution in [0.3, 0.4) is 0 Å². The van der Waals surface area contributed by atoms with Crippen LogP contribution < -0.4 is 0 Å². The summed E-state index contributed by atoms with van der Waals surface area (Å²) >= 11 is 0.729. The molecule has 72 valence electrons. The van der Waals surface area contributed by atoms with Gasteiger partial charge in [-0.1, -0.05) is 6.58 Å². The van der Waals surface area contributed by atoms with Crippen LogP contribution in [0.1, 0.15) is 5.01 Å². The van der Waals surface area contributed by atoms with E-state index in [9.17, 15) is 18.3 Å². The van der Waals surface area contributed by atoms with Crippen molar-refractivity contribution in [3.8, 4) is 0 Å². The molecule has 0 bridgehead atoms. The van der Waals surface area contributed by atoms with Gasteiger partial charge in [-0.2, -0.15) is 13.2 Å². The summed E-state index contributed by atoms with van der Waals surface area (Å²) < 4.78 is 36.9. The van der Waals surface area contributed by atoms with Crippen LogP contribution in [-0.4, -0.2) is 16.3 Å². The minimum atomic E-state index is -4.79. The van der Waals surface area contributed by atoms with Crippen molar-refractivity contribution in [2.24, 2.45) is 0 Å². The topological polar surface area (TPSA) is 33.1 Å². The van der Waals surface area contributed by atoms with Gasteiger partial charge in [-0.15, -0.1) is 11.3 Å². The minimum absolute atomic E-state index is 0.421. The van der Waals surface area contributed by atoms with Gasteiger partial charge in [0.15, 0.2) is 0 Å². The second-order valence-corrected chi connectivity index (χ2v) is 3.20. The summed E-state index contributed by atoms with van der Waals surface area (Å²) in [6, 6.07) is 0. The zero-order chi connectivity index (χ0) is 10.1. The SMILES string of the molecule is C=CC(O)(c1nccs1)C(F)(F)F. The van der Waals surface area contributed by atoms with Gasteiger partial charge >= 0.3 is 6.18 Å². The molecule has 1 N–H and O–H groups in total. The molecule has 1 aromatic rings. The summed E-state index contributed by atoms with van der Waals surface area (Å²) in [6.45, 7) is 2.95. The lowest BCUT2D eigenvalue weighted by atomic mass is 10.1. The highest BCUT2D eigenvalue weighted by Crippen LogP contribution is 2.40. The summed E-state index contributed by atoms with van der Waals surface area (Å²) in [4.78, 5) is 3.40. The maximum Gasteiger partial charge on any atom is 0.427 e. The third kappa shape index (κ3) is 1.59. The molecule has 0 saturated carbocycles. The first kappa shape index (κ1) is 10.2. The van der Waals surface area contributed by atoms with Crippen molar-refractivity contribution < 1.29 is 18.3 Å². The molecule has 0 saturated heterocycles. The Balaban J connectivity index is 3.16. The molecule has 1 atom stereocenters. The van der Waals surface area contributed by atoms with Gasteiger partial charge in [-0.25, -0.2) is 4.98 Å². The summed E-state index contributed by atoms with van der Waals surface area (Å²) in [5.74, 6) is 0. The number of hydrogen-bond acceptors (Lipinski definition) is 3. The molecule has 6 heteroatoms. The molecular formula is C7H6F3NOS. The normalized spacial score (nSPS) is 16.6. The molecule has 1 aromatic heterocycles. The van der Waals surface area contributed by atoms with Crippen LogP contribution in [0.25, 0.3) is 0 Å². The van der Waals surface area contributed by atoms with E-state index in [1.54, 1.807) is 0 Å². The van der Waals surface area contributed by atoms with Gasteiger partial charge in [-0.3, -0.25) is 0 Å².